The summed E-state index contributed by atoms with van der Waals surface area (Å²) >= 11 is 15.6. The molecule has 1 N–H and O–H groups in total. The fourth-order valence-corrected chi connectivity index (χ4v) is 3.86. The lowest BCUT2D eigenvalue weighted by Crippen LogP contribution is -2.16. The number of carbonyl (C=O) groups excluding carboxylic acids is 1. The summed E-state index contributed by atoms with van der Waals surface area (Å²) in [6.45, 7) is 4.11. The summed E-state index contributed by atoms with van der Waals surface area (Å²) in [5.74, 6) is -0.587. The van der Waals surface area contributed by atoms with Crippen LogP contribution in [0.2, 0.25) is 10.0 Å². The van der Waals surface area contributed by atoms with E-state index in [1.54, 1.807) is 33.9 Å². The maximum absolute atomic E-state index is 14.1. The molecule has 0 aliphatic rings. The number of halogens is 4. The van der Waals surface area contributed by atoms with Crippen molar-refractivity contribution in [3.63, 3.8) is 0 Å². The minimum Gasteiger partial charge on any atom is -0.303 e. The number of aryl methyl sites for hydroxylation is 1. The smallest absolute Gasteiger partial charge is 0.277 e. The zero-order valence-corrected chi connectivity index (χ0v) is 20.1. The highest BCUT2D eigenvalue weighted by Crippen LogP contribution is 2.24. The third kappa shape index (κ3) is 4.57. The molecule has 0 saturated heterocycles. The number of nitrogens with one attached hydrogen (secondary N) is 1. The van der Waals surface area contributed by atoms with Crippen LogP contribution >= 0.6 is 39.1 Å². The second-order valence-electron chi connectivity index (χ2n) is 7.04. The van der Waals surface area contributed by atoms with Crippen LogP contribution in [0.4, 0.5) is 10.2 Å². The van der Waals surface area contributed by atoms with Crippen LogP contribution in [0.5, 0.6) is 0 Å². The highest BCUT2D eigenvalue weighted by Gasteiger charge is 2.17. The highest BCUT2D eigenvalue weighted by atomic mass is 79.9. The SMILES string of the molecule is Cc1nn(Cn2ccc(C(=O)Nc3nn(Cc4c(F)cccc4Cl)cc3Br)n2)c(C)c1Cl. The Labute approximate surface area is 201 Å². The van der Waals surface area contributed by atoms with Crippen LogP contribution in [0.25, 0.3) is 0 Å². The predicted molar refractivity (Wildman–Crippen MR) is 123 cm³/mol. The number of rotatable bonds is 6. The van der Waals surface area contributed by atoms with Crippen molar-refractivity contribution in [2.45, 2.75) is 27.1 Å². The normalized spacial score (nSPS) is 11.2. The number of amides is 1. The van der Waals surface area contributed by atoms with Gasteiger partial charge in [-0.2, -0.15) is 15.3 Å². The molecule has 4 aromatic rings. The quantitative estimate of drug-likeness (QED) is 0.377. The zero-order chi connectivity index (χ0) is 23.0. The van der Waals surface area contributed by atoms with E-state index >= 15 is 0 Å². The van der Waals surface area contributed by atoms with Crippen LogP contribution in [-0.2, 0) is 13.2 Å². The van der Waals surface area contributed by atoms with E-state index < -0.39 is 11.7 Å². The van der Waals surface area contributed by atoms with E-state index in [1.165, 1.54) is 16.8 Å². The monoisotopic (exact) mass is 539 g/mol. The van der Waals surface area contributed by atoms with Crippen LogP contribution in [0.3, 0.4) is 0 Å². The van der Waals surface area contributed by atoms with Crippen molar-refractivity contribution in [1.82, 2.24) is 29.3 Å². The van der Waals surface area contributed by atoms with Gasteiger partial charge in [0.15, 0.2) is 11.5 Å². The lowest BCUT2D eigenvalue weighted by molar-refractivity contribution is 0.102. The molecule has 166 valence electrons. The van der Waals surface area contributed by atoms with Crippen molar-refractivity contribution in [1.29, 1.82) is 0 Å². The van der Waals surface area contributed by atoms with E-state index in [1.807, 2.05) is 13.8 Å². The van der Waals surface area contributed by atoms with Gasteiger partial charge in [-0.15, -0.1) is 0 Å². The molecule has 1 aromatic carbocycles. The van der Waals surface area contributed by atoms with Crippen molar-refractivity contribution in [3.05, 3.63) is 79.6 Å². The molecule has 3 aromatic heterocycles. The van der Waals surface area contributed by atoms with E-state index in [2.05, 4.69) is 36.5 Å². The van der Waals surface area contributed by atoms with Gasteiger partial charge in [-0.25, -0.2) is 9.07 Å². The van der Waals surface area contributed by atoms with Crippen LogP contribution < -0.4 is 5.32 Å². The van der Waals surface area contributed by atoms with Gasteiger partial charge in [0.1, 0.15) is 12.5 Å². The second kappa shape index (κ2) is 9.05. The van der Waals surface area contributed by atoms with E-state index in [9.17, 15) is 9.18 Å². The number of carbonyl (C=O) groups is 1. The van der Waals surface area contributed by atoms with Crippen molar-refractivity contribution < 1.29 is 9.18 Å². The van der Waals surface area contributed by atoms with Gasteiger partial charge < -0.3 is 5.32 Å². The molecule has 0 aliphatic carbocycles. The molecular formula is C20H17BrCl2FN7O. The predicted octanol–water partition coefficient (Wildman–Crippen LogP) is 4.91. The molecule has 0 saturated carbocycles. The van der Waals surface area contributed by atoms with Gasteiger partial charge >= 0.3 is 0 Å². The average Bonchev–Trinajstić information content (AvgIpc) is 3.41. The van der Waals surface area contributed by atoms with Crippen molar-refractivity contribution in [2.75, 3.05) is 5.32 Å². The maximum atomic E-state index is 14.1. The van der Waals surface area contributed by atoms with Gasteiger partial charge in [0, 0.05) is 23.0 Å². The van der Waals surface area contributed by atoms with Crippen LogP contribution in [0.15, 0.2) is 41.1 Å². The van der Waals surface area contributed by atoms with Crippen LogP contribution in [-0.4, -0.2) is 35.2 Å². The molecule has 8 nitrogen and oxygen atoms in total. The Kier molecular flexibility index (Phi) is 6.36. The Morgan fingerprint density at radius 3 is 2.62 bits per heavy atom. The number of aromatic nitrogens is 6. The van der Waals surface area contributed by atoms with Crippen LogP contribution in [0.1, 0.15) is 27.4 Å². The molecule has 4 rings (SSSR count). The fourth-order valence-electron chi connectivity index (χ4n) is 3.09. The molecule has 12 heteroatoms. The van der Waals surface area contributed by atoms with E-state index in [0.29, 0.717) is 26.8 Å². The summed E-state index contributed by atoms with van der Waals surface area (Å²) in [6.07, 6.45) is 3.30. The summed E-state index contributed by atoms with van der Waals surface area (Å²) in [7, 11) is 0. The van der Waals surface area contributed by atoms with E-state index in [4.69, 9.17) is 23.2 Å². The molecule has 3 heterocycles. The number of nitrogens with zero attached hydrogens (tertiary/aromatic N) is 6. The topological polar surface area (TPSA) is 82.6 Å². The van der Waals surface area contributed by atoms with Crippen molar-refractivity contribution >= 4 is 50.9 Å². The molecule has 0 spiro atoms. The Morgan fingerprint density at radius 2 is 1.94 bits per heavy atom. The van der Waals surface area contributed by atoms with Gasteiger partial charge in [-0.1, -0.05) is 29.3 Å². The summed E-state index contributed by atoms with van der Waals surface area (Å²) in [5, 5.41) is 16.6. The van der Waals surface area contributed by atoms with Crippen molar-refractivity contribution in [2.24, 2.45) is 0 Å². The first-order valence-corrected chi connectivity index (χ1v) is 11.0. The first-order valence-electron chi connectivity index (χ1n) is 9.43. The molecule has 0 aliphatic heterocycles. The first kappa shape index (κ1) is 22.5. The molecule has 1 amide bonds. The minimum atomic E-state index is -0.440. The number of anilines is 1. The average molecular weight is 541 g/mol. The van der Waals surface area contributed by atoms with Gasteiger partial charge in [0.2, 0.25) is 0 Å². The first-order chi connectivity index (χ1) is 15.2. The molecule has 0 unspecified atom stereocenters. The fraction of sp³-hybridized carbons (Fsp3) is 0.200. The Morgan fingerprint density at radius 1 is 1.16 bits per heavy atom. The number of hydrogen-bond donors (Lipinski definition) is 1. The Bertz CT molecular complexity index is 1290. The largest absolute Gasteiger partial charge is 0.303 e. The highest BCUT2D eigenvalue weighted by molar-refractivity contribution is 9.10. The summed E-state index contributed by atoms with van der Waals surface area (Å²) in [5.41, 5.74) is 2.06. The minimum absolute atomic E-state index is 0.111. The maximum Gasteiger partial charge on any atom is 0.277 e. The lowest BCUT2D eigenvalue weighted by atomic mass is 10.2. The summed E-state index contributed by atoms with van der Waals surface area (Å²) in [4.78, 5) is 12.7. The van der Waals surface area contributed by atoms with Crippen LogP contribution in [0, 0.1) is 19.7 Å². The molecular weight excluding hydrogens is 524 g/mol. The van der Waals surface area contributed by atoms with E-state index in [0.717, 1.165) is 11.4 Å². The molecule has 0 radical (unpaired) electrons. The zero-order valence-electron chi connectivity index (χ0n) is 17.0. The Hall–Kier alpha value is -2.69. The summed E-state index contributed by atoms with van der Waals surface area (Å²) < 4.78 is 19.4. The third-order valence-corrected chi connectivity index (χ3v) is 6.26. The van der Waals surface area contributed by atoms with Gasteiger partial charge in [0.25, 0.3) is 5.91 Å². The van der Waals surface area contributed by atoms with Gasteiger partial charge in [-0.05, 0) is 48.0 Å². The number of benzene rings is 1. The van der Waals surface area contributed by atoms with Crippen molar-refractivity contribution in [3.8, 4) is 0 Å². The molecule has 0 atom stereocenters. The molecule has 0 fully saturated rings. The standard InChI is InChI=1S/C20H17BrCl2FN7O/c1-11-18(23)12(2)31(26-11)10-29-7-6-17(27-29)20(32)25-19-14(21)9-30(28-19)8-13-15(22)4-3-5-16(13)24/h3-7,9H,8,10H2,1-2H3,(H,25,28,32). The van der Waals surface area contributed by atoms with Gasteiger partial charge in [0.05, 0.1) is 27.4 Å². The third-order valence-electron chi connectivity index (χ3n) is 4.78. The lowest BCUT2D eigenvalue weighted by Gasteiger charge is -2.06. The number of hydrogen-bond acceptors (Lipinski definition) is 4. The van der Waals surface area contributed by atoms with Gasteiger partial charge in [-0.3, -0.25) is 14.2 Å². The second-order valence-corrected chi connectivity index (χ2v) is 8.68. The van der Waals surface area contributed by atoms with E-state index in [-0.39, 0.29) is 18.1 Å². The molecule has 32 heavy (non-hydrogen) atoms. The summed E-state index contributed by atoms with van der Waals surface area (Å²) in [6, 6.07) is 6.07. The molecule has 0 bridgehead atoms. The Balaban J connectivity index is 1.46.